The highest BCUT2D eigenvalue weighted by Crippen LogP contribution is 2.19. The average molecular weight is 126 g/mol. The Morgan fingerprint density at radius 3 is 2.78 bits per heavy atom. The van der Waals surface area contributed by atoms with Crippen LogP contribution in [0, 0.1) is 0 Å². The number of nitrogens with zero attached hydrogens (tertiary/aromatic N) is 3. The molecule has 0 aromatic rings. The molecule has 1 rings (SSSR count). The van der Waals surface area contributed by atoms with Crippen molar-refractivity contribution in [3.05, 3.63) is 10.4 Å². The fourth-order valence-corrected chi connectivity index (χ4v) is 1.17. The topological polar surface area (TPSA) is 74.8 Å². The lowest BCUT2D eigenvalue weighted by atomic mass is 10.2. The summed E-state index contributed by atoms with van der Waals surface area (Å²) in [4.78, 5) is 2.72. The maximum atomic E-state index is 8.03. The first-order valence-electron chi connectivity index (χ1n) is 3.12. The second-order valence-corrected chi connectivity index (χ2v) is 2.43. The molecule has 4 nitrogen and oxygen atoms in total. The van der Waals surface area contributed by atoms with Gasteiger partial charge in [0.05, 0.1) is 0 Å². The van der Waals surface area contributed by atoms with Crippen LogP contribution < -0.4 is 5.73 Å². The first-order valence-corrected chi connectivity index (χ1v) is 3.12. The third kappa shape index (κ3) is 1.59. The normalized spacial score (nSPS) is 33.9. The first-order chi connectivity index (χ1) is 4.33. The second kappa shape index (κ2) is 2.71. The van der Waals surface area contributed by atoms with Crippen molar-refractivity contribution in [2.24, 2.45) is 10.8 Å². The summed E-state index contributed by atoms with van der Waals surface area (Å²) in [6.45, 7) is 0. The number of hydrogen-bond acceptors (Lipinski definition) is 2. The zero-order valence-electron chi connectivity index (χ0n) is 5.20. The van der Waals surface area contributed by atoms with E-state index >= 15 is 0 Å². The first kappa shape index (κ1) is 6.39. The zero-order chi connectivity index (χ0) is 6.69. The van der Waals surface area contributed by atoms with Gasteiger partial charge in [0, 0.05) is 17.0 Å². The van der Waals surface area contributed by atoms with Gasteiger partial charge in [0.25, 0.3) is 0 Å². The average Bonchev–Trinajstić information content (AvgIpc) is 2.17. The summed E-state index contributed by atoms with van der Waals surface area (Å²) in [7, 11) is 0. The van der Waals surface area contributed by atoms with E-state index in [2.05, 4.69) is 10.0 Å². The van der Waals surface area contributed by atoms with Gasteiger partial charge >= 0.3 is 0 Å². The Labute approximate surface area is 53.7 Å². The monoisotopic (exact) mass is 126 g/mol. The van der Waals surface area contributed by atoms with Crippen LogP contribution in [-0.2, 0) is 0 Å². The van der Waals surface area contributed by atoms with Crippen molar-refractivity contribution >= 4 is 0 Å². The Morgan fingerprint density at radius 1 is 1.56 bits per heavy atom. The Kier molecular flexibility index (Phi) is 1.92. The highest BCUT2D eigenvalue weighted by molar-refractivity contribution is 4.82. The van der Waals surface area contributed by atoms with Crippen LogP contribution in [0.25, 0.3) is 10.4 Å². The second-order valence-electron chi connectivity index (χ2n) is 2.43. The largest absolute Gasteiger partial charge is 0.328 e. The third-order valence-electron chi connectivity index (χ3n) is 1.66. The number of hydrogen-bond donors (Lipinski definition) is 1. The van der Waals surface area contributed by atoms with E-state index in [0.29, 0.717) is 0 Å². The van der Waals surface area contributed by atoms with Gasteiger partial charge in [0.15, 0.2) is 0 Å². The molecule has 1 fully saturated rings. The minimum Gasteiger partial charge on any atom is -0.328 e. The molecule has 2 atom stereocenters. The van der Waals surface area contributed by atoms with E-state index in [0.717, 1.165) is 19.3 Å². The van der Waals surface area contributed by atoms with Crippen LogP contribution >= 0.6 is 0 Å². The molecule has 0 amide bonds. The van der Waals surface area contributed by atoms with Crippen molar-refractivity contribution in [1.29, 1.82) is 0 Å². The Morgan fingerprint density at radius 2 is 2.33 bits per heavy atom. The summed E-state index contributed by atoms with van der Waals surface area (Å²) < 4.78 is 0. The summed E-state index contributed by atoms with van der Waals surface area (Å²) in [5, 5.41) is 3.57. The van der Waals surface area contributed by atoms with Gasteiger partial charge in [-0.1, -0.05) is 5.11 Å². The highest BCUT2D eigenvalue weighted by atomic mass is 15.1. The molecular weight excluding hydrogens is 116 g/mol. The Hall–Kier alpha value is -0.730. The molecule has 0 spiro atoms. The molecule has 9 heavy (non-hydrogen) atoms. The number of nitrogens with two attached hydrogens (primary N) is 1. The molecule has 1 aliphatic rings. The zero-order valence-corrected chi connectivity index (χ0v) is 5.20. The van der Waals surface area contributed by atoms with Crippen molar-refractivity contribution in [3.63, 3.8) is 0 Å². The maximum Gasteiger partial charge on any atom is 0.0389 e. The van der Waals surface area contributed by atoms with E-state index in [1.165, 1.54) is 0 Å². The van der Waals surface area contributed by atoms with E-state index < -0.39 is 0 Å². The lowest BCUT2D eigenvalue weighted by Gasteiger charge is -1.97. The van der Waals surface area contributed by atoms with Crippen molar-refractivity contribution in [3.8, 4) is 0 Å². The molecule has 0 unspecified atom stereocenters. The number of rotatable bonds is 1. The van der Waals surface area contributed by atoms with Crippen LogP contribution in [0.15, 0.2) is 5.11 Å². The van der Waals surface area contributed by atoms with Crippen LogP contribution in [0.2, 0.25) is 0 Å². The molecule has 50 valence electrons. The summed E-state index contributed by atoms with van der Waals surface area (Å²) in [6, 6.07) is 0.436. The lowest BCUT2D eigenvalue weighted by molar-refractivity contribution is 0.663. The predicted octanol–water partition coefficient (Wildman–Crippen LogP) is 1.18. The fraction of sp³-hybridized carbons (Fsp3) is 1.00. The molecule has 1 saturated carbocycles. The van der Waals surface area contributed by atoms with E-state index in [4.69, 9.17) is 11.3 Å². The summed E-state index contributed by atoms with van der Waals surface area (Å²) in [5.74, 6) is 0. The fourth-order valence-electron chi connectivity index (χ4n) is 1.17. The highest BCUT2D eigenvalue weighted by Gasteiger charge is 2.19. The molecule has 0 radical (unpaired) electrons. The molecular formula is C5H10N4. The molecule has 1 aliphatic carbocycles. The van der Waals surface area contributed by atoms with Crippen LogP contribution in [-0.4, -0.2) is 12.1 Å². The van der Waals surface area contributed by atoms with Crippen LogP contribution in [0.4, 0.5) is 0 Å². The van der Waals surface area contributed by atoms with E-state index in [-0.39, 0.29) is 12.1 Å². The van der Waals surface area contributed by atoms with Crippen LogP contribution in [0.5, 0.6) is 0 Å². The molecule has 0 aromatic heterocycles. The van der Waals surface area contributed by atoms with Crippen molar-refractivity contribution in [1.82, 2.24) is 0 Å². The maximum absolute atomic E-state index is 8.03. The summed E-state index contributed by atoms with van der Waals surface area (Å²) in [5.41, 5.74) is 13.6. The van der Waals surface area contributed by atoms with E-state index in [1.807, 2.05) is 0 Å². The van der Waals surface area contributed by atoms with Gasteiger partial charge in [-0.3, -0.25) is 0 Å². The summed E-state index contributed by atoms with van der Waals surface area (Å²) >= 11 is 0. The van der Waals surface area contributed by atoms with Gasteiger partial charge in [-0.25, -0.2) is 0 Å². The molecule has 0 saturated heterocycles. The van der Waals surface area contributed by atoms with Crippen LogP contribution in [0.3, 0.4) is 0 Å². The van der Waals surface area contributed by atoms with Crippen molar-refractivity contribution < 1.29 is 0 Å². The number of azide groups is 1. The SMILES string of the molecule is [N-]=[N+]=N[C@@H]1CC[C@H](N)C1. The smallest absolute Gasteiger partial charge is 0.0389 e. The quantitative estimate of drug-likeness (QED) is 0.319. The minimum atomic E-state index is 0.171. The molecule has 4 heteroatoms. The molecule has 2 N–H and O–H groups in total. The molecule has 0 aromatic carbocycles. The molecule has 0 aliphatic heterocycles. The van der Waals surface area contributed by atoms with Gasteiger partial charge in [-0.2, -0.15) is 0 Å². The minimum absolute atomic E-state index is 0.171. The van der Waals surface area contributed by atoms with Gasteiger partial charge in [0.1, 0.15) is 0 Å². The Balaban J connectivity index is 2.38. The molecule has 0 bridgehead atoms. The van der Waals surface area contributed by atoms with Gasteiger partial charge in [-0.05, 0) is 24.8 Å². The Bertz CT molecular complexity index is 138. The predicted molar refractivity (Wildman–Crippen MR) is 34.8 cm³/mol. The standard InChI is InChI=1S/C5H10N4/c6-4-1-2-5(3-4)8-9-7/h4-5H,1-3,6H2/t4-,5+/m0/s1. The summed E-state index contributed by atoms with van der Waals surface area (Å²) in [6.07, 6.45) is 2.83. The molecule has 0 heterocycles. The van der Waals surface area contributed by atoms with Crippen molar-refractivity contribution in [2.75, 3.05) is 0 Å². The van der Waals surface area contributed by atoms with Gasteiger partial charge in [-0.15, -0.1) is 0 Å². The lowest BCUT2D eigenvalue weighted by Crippen LogP contribution is -2.15. The third-order valence-corrected chi connectivity index (χ3v) is 1.66. The van der Waals surface area contributed by atoms with Crippen molar-refractivity contribution in [2.45, 2.75) is 31.3 Å². The van der Waals surface area contributed by atoms with Gasteiger partial charge < -0.3 is 5.73 Å². The van der Waals surface area contributed by atoms with Crippen LogP contribution in [0.1, 0.15) is 19.3 Å². The van der Waals surface area contributed by atoms with E-state index in [1.54, 1.807) is 0 Å². The van der Waals surface area contributed by atoms with E-state index in [9.17, 15) is 0 Å². The van der Waals surface area contributed by atoms with Gasteiger partial charge in [0.2, 0.25) is 0 Å².